The average molecular weight is 420 g/mol. The van der Waals surface area contributed by atoms with E-state index >= 15 is 0 Å². The number of aryl methyl sites for hydroxylation is 2. The quantitative estimate of drug-likeness (QED) is 0.351. The largest absolute Gasteiger partial charge is 0.486 e. The highest BCUT2D eigenvalue weighted by Gasteiger charge is 2.12. The monoisotopic (exact) mass is 419 g/mol. The number of ether oxygens (including phenoxy) is 1. The topological polar surface area (TPSA) is 39.1 Å². The zero-order valence-electron chi connectivity index (χ0n) is 17.1. The molecular weight excluding hydrogens is 394 g/mol. The van der Waals surface area contributed by atoms with Crippen LogP contribution in [0.2, 0.25) is 5.02 Å². The van der Waals surface area contributed by atoms with Crippen molar-refractivity contribution in [1.29, 1.82) is 0 Å². The maximum Gasteiger partial charge on any atom is 0.148 e. The summed E-state index contributed by atoms with van der Waals surface area (Å²) in [5, 5.41) is 4.23. The van der Waals surface area contributed by atoms with Gasteiger partial charge in [0.2, 0.25) is 0 Å². The molecule has 0 radical (unpaired) electrons. The summed E-state index contributed by atoms with van der Waals surface area (Å²) in [6, 6.07) is 24.2. The zero-order chi connectivity index (χ0) is 20.8. The molecule has 3 aromatic carbocycles. The summed E-state index contributed by atoms with van der Waals surface area (Å²) in [5.74, 6) is 1.73. The van der Waals surface area contributed by atoms with E-state index in [0.29, 0.717) is 11.6 Å². The van der Waals surface area contributed by atoms with Gasteiger partial charge in [-0.15, -0.1) is 0 Å². The molecule has 0 aliphatic rings. The first-order valence-corrected chi connectivity index (χ1v) is 10.7. The molecule has 0 bridgehead atoms. The van der Waals surface area contributed by atoms with Crippen LogP contribution in [0.1, 0.15) is 23.4 Å². The molecule has 0 atom stereocenters. The van der Waals surface area contributed by atoms with E-state index in [1.807, 2.05) is 30.3 Å². The number of hydrogen-bond donors (Lipinski definition) is 1. The molecular formula is C25H26ClN3O. The SMILES string of the molecule is Cc1cccc2c1nc(COc1ccc(Cl)cc1)n2CCCNCc1ccccc1. The van der Waals surface area contributed by atoms with E-state index in [2.05, 4.69) is 59.3 Å². The van der Waals surface area contributed by atoms with Gasteiger partial charge in [0.25, 0.3) is 0 Å². The van der Waals surface area contributed by atoms with Gasteiger partial charge in [0.1, 0.15) is 18.2 Å². The number of nitrogens with one attached hydrogen (secondary N) is 1. The molecule has 0 amide bonds. The molecule has 1 N–H and O–H groups in total. The molecule has 4 nitrogen and oxygen atoms in total. The fourth-order valence-corrected chi connectivity index (χ4v) is 3.69. The molecule has 0 aliphatic carbocycles. The molecule has 5 heteroatoms. The Labute approximate surface area is 182 Å². The van der Waals surface area contributed by atoms with Crippen LogP contribution in [-0.2, 0) is 19.7 Å². The van der Waals surface area contributed by atoms with E-state index in [1.165, 1.54) is 11.1 Å². The van der Waals surface area contributed by atoms with E-state index < -0.39 is 0 Å². The predicted molar refractivity (Wildman–Crippen MR) is 123 cm³/mol. The zero-order valence-corrected chi connectivity index (χ0v) is 17.9. The first-order chi connectivity index (χ1) is 14.7. The van der Waals surface area contributed by atoms with E-state index in [1.54, 1.807) is 0 Å². The van der Waals surface area contributed by atoms with Crippen LogP contribution >= 0.6 is 11.6 Å². The number of rotatable bonds is 9. The lowest BCUT2D eigenvalue weighted by Crippen LogP contribution is -2.17. The second-order valence-corrected chi connectivity index (χ2v) is 7.82. The maximum absolute atomic E-state index is 5.98. The van der Waals surface area contributed by atoms with Crippen molar-refractivity contribution in [3.05, 3.63) is 94.8 Å². The van der Waals surface area contributed by atoms with Gasteiger partial charge < -0.3 is 14.6 Å². The summed E-state index contributed by atoms with van der Waals surface area (Å²) in [6.07, 6.45) is 1.01. The van der Waals surface area contributed by atoms with E-state index in [9.17, 15) is 0 Å². The second-order valence-electron chi connectivity index (χ2n) is 7.38. The van der Waals surface area contributed by atoms with Crippen molar-refractivity contribution in [1.82, 2.24) is 14.9 Å². The lowest BCUT2D eigenvalue weighted by atomic mass is 10.2. The average Bonchev–Trinajstić information content (AvgIpc) is 3.13. The van der Waals surface area contributed by atoms with E-state index in [-0.39, 0.29) is 0 Å². The Hall–Kier alpha value is -2.82. The third-order valence-corrected chi connectivity index (χ3v) is 5.40. The summed E-state index contributed by atoms with van der Waals surface area (Å²) in [6.45, 7) is 5.24. The van der Waals surface area contributed by atoms with Gasteiger partial charge in [0.05, 0.1) is 11.0 Å². The number of hydrogen-bond acceptors (Lipinski definition) is 3. The fourth-order valence-electron chi connectivity index (χ4n) is 3.56. The summed E-state index contributed by atoms with van der Waals surface area (Å²) in [7, 11) is 0. The van der Waals surface area contributed by atoms with Crippen LogP contribution in [0.3, 0.4) is 0 Å². The van der Waals surface area contributed by atoms with E-state index in [0.717, 1.165) is 48.7 Å². The molecule has 4 rings (SSSR count). The third kappa shape index (κ3) is 5.02. The minimum Gasteiger partial charge on any atom is -0.486 e. The Balaban J connectivity index is 1.42. The Bertz CT molecular complexity index is 1090. The van der Waals surface area contributed by atoms with E-state index in [4.69, 9.17) is 21.3 Å². The normalized spacial score (nSPS) is 11.1. The Kier molecular flexibility index (Phi) is 6.67. The molecule has 0 saturated carbocycles. The Morgan fingerprint density at radius 2 is 1.77 bits per heavy atom. The molecule has 30 heavy (non-hydrogen) atoms. The molecule has 154 valence electrons. The Morgan fingerprint density at radius 1 is 0.967 bits per heavy atom. The number of nitrogens with zero attached hydrogens (tertiary/aromatic N) is 2. The number of para-hydroxylation sites is 1. The fraction of sp³-hybridized carbons (Fsp3) is 0.240. The minimum atomic E-state index is 0.424. The van der Waals surface area contributed by atoms with Crippen LogP contribution < -0.4 is 10.1 Å². The molecule has 1 aromatic heterocycles. The van der Waals surface area contributed by atoms with Crippen molar-refractivity contribution >= 4 is 22.6 Å². The summed E-state index contributed by atoms with van der Waals surface area (Å²) < 4.78 is 8.27. The first-order valence-electron chi connectivity index (χ1n) is 10.3. The minimum absolute atomic E-state index is 0.424. The molecule has 0 unspecified atom stereocenters. The van der Waals surface area contributed by atoms with Gasteiger partial charge in [-0.05, 0) is 61.3 Å². The van der Waals surface area contributed by atoms with Crippen LogP contribution in [0.5, 0.6) is 5.75 Å². The summed E-state index contributed by atoms with van der Waals surface area (Å²) in [5.41, 5.74) is 4.69. The molecule has 0 spiro atoms. The standard InChI is InChI=1S/C25H26ClN3O/c1-19-7-5-10-23-25(19)28-24(18-30-22-13-11-21(26)12-14-22)29(23)16-6-15-27-17-20-8-3-2-4-9-20/h2-5,7-14,27H,6,15-18H2,1H3. The second kappa shape index (κ2) is 9.79. The van der Waals surface area contributed by atoms with Crippen molar-refractivity contribution in [2.24, 2.45) is 0 Å². The highest BCUT2D eigenvalue weighted by molar-refractivity contribution is 6.30. The van der Waals surface area contributed by atoms with Crippen molar-refractivity contribution in [2.45, 2.75) is 33.0 Å². The van der Waals surface area contributed by atoms with Crippen molar-refractivity contribution in [2.75, 3.05) is 6.54 Å². The van der Waals surface area contributed by atoms with Crippen LogP contribution in [-0.4, -0.2) is 16.1 Å². The molecule has 1 heterocycles. The number of aromatic nitrogens is 2. The predicted octanol–water partition coefficient (Wildman–Crippen LogP) is 5.76. The third-order valence-electron chi connectivity index (χ3n) is 5.15. The molecule has 0 fully saturated rings. The number of halogens is 1. The summed E-state index contributed by atoms with van der Waals surface area (Å²) in [4.78, 5) is 4.88. The number of fused-ring (bicyclic) bond motifs is 1. The van der Waals surface area contributed by atoms with Crippen molar-refractivity contribution in [3.8, 4) is 5.75 Å². The van der Waals surface area contributed by atoms with Crippen molar-refractivity contribution < 1.29 is 4.74 Å². The first kappa shape index (κ1) is 20.5. The van der Waals surface area contributed by atoms with Crippen LogP contribution in [0, 0.1) is 6.92 Å². The molecule has 0 aliphatic heterocycles. The lowest BCUT2D eigenvalue weighted by molar-refractivity contribution is 0.289. The highest BCUT2D eigenvalue weighted by atomic mass is 35.5. The van der Waals surface area contributed by atoms with Crippen LogP contribution in [0.4, 0.5) is 0 Å². The van der Waals surface area contributed by atoms with Gasteiger partial charge in [0.15, 0.2) is 0 Å². The number of imidazole rings is 1. The van der Waals surface area contributed by atoms with Gasteiger partial charge in [-0.3, -0.25) is 0 Å². The van der Waals surface area contributed by atoms with Crippen LogP contribution in [0.25, 0.3) is 11.0 Å². The summed E-state index contributed by atoms with van der Waals surface area (Å²) >= 11 is 5.97. The Morgan fingerprint density at radius 3 is 2.57 bits per heavy atom. The maximum atomic E-state index is 5.98. The van der Waals surface area contributed by atoms with Gasteiger partial charge in [-0.1, -0.05) is 54.1 Å². The van der Waals surface area contributed by atoms with Gasteiger partial charge in [0, 0.05) is 18.1 Å². The highest BCUT2D eigenvalue weighted by Crippen LogP contribution is 2.22. The van der Waals surface area contributed by atoms with Crippen molar-refractivity contribution in [3.63, 3.8) is 0 Å². The van der Waals surface area contributed by atoms with Gasteiger partial charge in [-0.2, -0.15) is 0 Å². The lowest BCUT2D eigenvalue weighted by Gasteiger charge is -2.11. The number of benzene rings is 3. The van der Waals surface area contributed by atoms with Gasteiger partial charge >= 0.3 is 0 Å². The smallest absolute Gasteiger partial charge is 0.148 e. The van der Waals surface area contributed by atoms with Crippen LogP contribution in [0.15, 0.2) is 72.8 Å². The molecule has 4 aromatic rings. The van der Waals surface area contributed by atoms with Gasteiger partial charge in [-0.25, -0.2) is 4.98 Å². The molecule has 0 saturated heterocycles.